The zero-order chi connectivity index (χ0) is 30.2. The number of hydrogen-bond donors (Lipinski definition) is 0. The highest BCUT2D eigenvalue weighted by atomic mass is 35.5. The zero-order valence-electron chi connectivity index (χ0n) is 29.7. The number of allylic oxidation sites excluding steroid dienone is 2. The van der Waals surface area contributed by atoms with E-state index in [2.05, 4.69) is 60.9 Å². The van der Waals surface area contributed by atoms with E-state index in [1.165, 1.54) is 199 Å². The van der Waals surface area contributed by atoms with E-state index in [1.54, 1.807) is 0 Å². The summed E-state index contributed by atoms with van der Waals surface area (Å²) in [5.74, 6) is 0. The quantitative estimate of drug-likeness (QED) is 0.0420. The van der Waals surface area contributed by atoms with E-state index in [1.807, 2.05) is 0 Å². The number of unbranched alkanes of at least 4 members (excludes halogenated alkanes) is 26. The largest absolute Gasteiger partial charge is 1.00 e. The lowest BCUT2D eigenvalue weighted by molar-refractivity contribution is -0.671. The SMILES string of the molecule is CCCCCCC/C=C\CCCCCCCCC(CCCCCCCCCCCCCCCCCC)n1cc[n+](C)c1.[Cl-]. The molecule has 0 amide bonds. The minimum Gasteiger partial charge on any atom is -1.00 e. The van der Waals surface area contributed by atoms with Gasteiger partial charge in [0.15, 0.2) is 0 Å². The van der Waals surface area contributed by atoms with Gasteiger partial charge in [0.05, 0.1) is 7.05 Å². The first-order chi connectivity index (χ1) is 20.8. The van der Waals surface area contributed by atoms with Crippen LogP contribution in [0.5, 0.6) is 0 Å². The van der Waals surface area contributed by atoms with Gasteiger partial charge in [-0.05, 0) is 51.4 Å². The van der Waals surface area contributed by atoms with E-state index in [0.29, 0.717) is 6.04 Å². The van der Waals surface area contributed by atoms with Crippen LogP contribution in [0.15, 0.2) is 30.9 Å². The predicted octanol–water partition coefficient (Wildman–Crippen LogP) is 10.5. The van der Waals surface area contributed by atoms with Gasteiger partial charge in [0.2, 0.25) is 6.33 Å². The zero-order valence-corrected chi connectivity index (χ0v) is 30.4. The molecule has 0 bridgehead atoms. The molecule has 1 aromatic rings. The summed E-state index contributed by atoms with van der Waals surface area (Å²) >= 11 is 0. The Kier molecular flexibility index (Phi) is 33.5. The number of rotatable bonds is 33. The van der Waals surface area contributed by atoms with Gasteiger partial charge in [-0.1, -0.05) is 174 Å². The van der Waals surface area contributed by atoms with Crippen LogP contribution in [0.2, 0.25) is 0 Å². The molecular weight excluding hydrogens is 544 g/mol. The molecule has 1 rings (SSSR count). The Bertz CT molecular complexity index is 682. The number of nitrogens with zero attached hydrogens (tertiary/aromatic N) is 2. The molecule has 0 aromatic carbocycles. The maximum absolute atomic E-state index is 2.50. The van der Waals surface area contributed by atoms with Gasteiger partial charge in [-0.25, -0.2) is 9.13 Å². The van der Waals surface area contributed by atoms with Crippen molar-refractivity contribution in [2.24, 2.45) is 7.05 Å². The lowest BCUT2D eigenvalue weighted by Crippen LogP contribution is -3.00. The van der Waals surface area contributed by atoms with E-state index in [4.69, 9.17) is 0 Å². The highest BCUT2D eigenvalue weighted by molar-refractivity contribution is 4.81. The van der Waals surface area contributed by atoms with Crippen molar-refractivity contribution in [1.82, 2.24) is 4.57 Å². The molecular formula is C40H77ClN2. The molecule has 2 nitrogen and oxygen atoms in total. The minimum atomic E-state index is 0. The summed E-state index contributed by atoms with van der Waals surface area (Å²) in [4.78, 5) is 0. The van der Waals surface area contributed by atoms with Gasteiger partial charge >= 0.3 is 0 Å². The summed E-state index contributed by atoms with van der Waals surface area (Å²) < 4.78 is 4.71. The fraction of sp³-hybridized carbons (Fsp3) is 0.875. The molecule has 1 heterocycles. The predicted molar refractivity (Wildman–Crippen MR) is 188 cm³/mol. The number of halogens is 1. The maximum atomic E-state index is 2.50. The molecule has 3 heteroatoms. The normalized spacial score (nSPS) is 12.3. The third kappa shape index (κ3) is 28.5. The van der Waals surface area contributed by atoms with Gasteiger partial charge in [0, 0.05) is 0 Å². The van der Waals surface area contributed by atoms with Crippen molar-refractivity contribution in [2.75, 3.05) is 0 Å². The lowest BCUT2D eigenvalue weighted by Gasteiger charge is -2.14. The van der Waals surface area contributed by atoms with E-state index in [0.717, 1.165) is 0 Å². The summed E-state index contributed by atoms with van der Waals surface area (Å²) in [6.07, 6.45) is 55.7. The topological polar surface area (TPSA) is 8.81 Å². The third-order valence-electron chi connectivity index (χ3n) is 9.40. The standard InChI is InChI=1S/C40H77N2.ClH/c1-4-6-8-10-12-14-16-18-20-22-24-26-28-30-32-34-36-40(42-38-37-41(3)39-42)35-33-31-29-27-25-23-21-19-17-15-13-11-9-7-5-2;/h17,19,37-40H,4-16,18,20-36H2,1-3H3;1H/q+1;/p-1/b19-17-;. The van der Waals surface area contributed by atoms with E-state index in [-0.39, 0.29) is 12.4 Å². The van der Waals surface area contributed by atoms with Crippen molar-refractivity contribution in [3.05, 3.63) is 30.9 Å². The fourth-order valence-corrected chi connectivity index (χ4v) is 6.51. The molecule has 43 heavy (non-hydrogen) atoms. The van der Waals surface area contributed by atoms with Crippen LogP contribution in [-0.4, -0.2) is 4.57 Å². The first-order valence-corrected chi connectivity index (χ1v) is 19.5. The molecule has 0 radical (unpaired) electrons. The van der Waals surface area contributed by atoms with E-state index < -0.39 is 0 Å². The van der Waals surface area contributed by atoms with Crippen LogP contribution in [-0.2, 0) is 7.05 Å². The van der Waals surface area contributed by atoms with Crippen LogP contribution in [0, 0.1) is 0 Å². The number of aromatic nitrogens is 2. The molecule has 1 atom stereocenters. The van der Waals surface area contributed by atoms with Crippen LogP contribution >= 0.6 is 0 Å². The molecule has 0 fully saturated rings. The lowest BCUT2D eigenvalue weighted by atomic mass is 9.99. The summed E-state index contributed by atoms with van der Waals surface area (Å²) in [6.45, 7) is 4.60. The van der Waals surface area contributed by atoms with Gasteiger partial charge in [0.1, 0.15) is 18.4 Å². The van der Waals surface area contributed by atoms with E-state index >= 15 is 0 Å². The Morgan fingerprint density at radius 2 is 0.814 bits per heavy atom. The Hall–Kier alpha value is -0.760. The third-order valence-corrected chi connectivity index (χ3v) is 9.40. The van der Waals surface area contributed by atoms with Crippen molar-refractivity contribution >= 4 is 0 Å². The van der Waals surface area contributed by atoms with Gasteiger partial charge in [-0.15, -0.1) is 0 Å². The molecule has 0 aliphatic carbocycles. The summed E-state index contributed by atoms with van der Waals surface area (Å²) in [7, 11) is 2.16. The number of imidazole rings is 1. The van der Waals surface area contributed by atoms with Crippen LogP contribution in [0.25, 0.3) is 0 Å². The van der Waals surface area contributed by atoms with Crippen molar-refractivity contribution in [1.29, 1.82) is 0 Å². The Morgan fingerprint density at radius 1 is 0.488 bits per heavy atom. The molecule has 1 unspecified atom stereocenters. The Balaban J connectivity index is 0.0000176. The summed E-state index contributed by atoms with van der Waals surface area (Å²) in [5, 5.41) is 0. The Morgan fingerprint density at radius 3 is 1.14 bits per heavy atom. The molecule has 0 saturated heterocycles. The summed E-state index contributed by atoms with van der Waals surface area (Å²) in [6, 6.07) is 0.699. The average molecular weight is 622 g/mol. The first-order valence-electron chi connectivity index (χ1n) is 19.5. The Labute approximate surface area is 277 Å². The molecule has 0 spiro atoms. The van der Waals surface area contributed by atoms with Crippen molar-refractivity contribution in [3.63, 3.8) is 0 Å². The van der Waals surface area contributed by atoms with Gasteiger partial charge in [-0.2, -0.15) is 0 Å². The second-order valence-corrected chi connectivity index (χ2v) is 13.6. The molecule has 0 N–H and O–H groups in total. The first kappa shape index (κ1) is 42.2. The fourth-order valence-electron chi connectivity index (χ4n) is 6.51. The number of aryl methyl sites for hydroxylation is 1. The maximum Gasteiger partial charge on any atom is 0.243 e. The van der Waals surface area contributed by atoms with Crippen LogP contribution in [0.3, 0.4) is 0 Å². The molecule has 0 aliphatic heterocycles. The van der Waals surface area contributed by atoms with Gasteiger partial charge in [0.25, 0.3) is 0 Å². The molecule has 254 valence electrons. The number of hydrogen-bond acceptors (Lipinski definition) is 0. The average Bonchev–Trinajstić information content (AvgIpc) is 3.43. The second kappa shape index (κ2) is 34.1. The molecule has 1 aromatic heterocycles. The monoisotopic (exact) mass is 621 g/mol. The van der Waals surface area contributed by atoms with Gasteiger partial charge < -0.3 is 12.4 Å². The van der Waals surface area contributed by atoms with Crippen molar-refractivity contribution in [2.45, 2.75) is 219 Å². The van der Waals surface area contributed by atoms with Crippen LogP contribution in [0.1, 0.15) is 219 Å². The highest BCUT2D eigenvalue weighted by Crippen LogP contribution is 2.24. The van der Waals surface area contributed by atoms with Crippen molar-refractivity contribution in [3.8, 4) is 0 Å². The minimum absolute atomic E-state index is 0. The smallest absolute Gasteiger partial charge is 0.243 e. The summed E-state index contributed by atoms with van der Waals surface area (Å²) in [5.41, 5.74) is 0. The van der Waals surface area contributed by atoms with Crippen LogP contribution < -0.4 is 17.0 Å². The van der Waals surface area contributed by atoms with Gasteiger partial charge in [-0.3, -0.25) is 0 Å². The van der Waals surface area contributed by atoms with E-state index in [9.17, 15) is 0 Å². The van der Waals surface area contributed by atoms with Crippen LogP contribution in [0.4, 0.5) is 0 Å². The highest BCUT2D eigenvalue weighted by Gasteiger charge is 2.15. The van der Waals surface area contributed by atoms with Crippen molar-refractivity contribution < 1.29 is 17.0 Å². The second-order valence-electron chi connectivity index (χ2n) is 13.6. The molecule has 0 aliphatic rings. The molecule has 0 saturated carbocycles.